The van der Waals surface area contributed by atoms with Crippen molar-refractivity contribution in [2.75, 3.05) is 0 Å². The SMILES string of the molecule is CCCCn1nnnc1Sc1nc(C(F)(F)F)c(C(=O)O)s1. The van der Waals surface area contributed by atoms with Gasteiger partial charge in [-0.1, -0.05) is 24.7 Å². The summed E-state index contributed by atoms with van der Waals surface area (Å²) in [6.07, 6.45) is -3.11. The van der Waals surface area contributed by atoms with E-state index < -0.39 is 22.7 Å². The van der Waals surface area contributed by atoms with Crippen LogP contribution in [0.4, 0.5) is 13.2 Å². The van der Waals surface area contributed by atoms with Crippen LogP contribution in [-0.4, -0.2) is 36.3 Å². The van der Waals surface area contributed by atoms with E-state index in [0.717, 1.165) is 24.6 Å². The Labute approximate surface area is 130 Å². The van der Waals surface area contributed by atoms with Gasteiger partial charge in [0.2, 0.25) is 5.16 Å². The van der Waals surface area contributed by atoms with E-state index in [4.69, 9.17) is 5.11 Å². The van der Waals surface area contributed by atoms with E-state index in [2.05, 4.69) is 20.5 Å². The molecule has 0 saturated carbocycles. The van der Waals surface area contributed by atoms with Gasteiger partial charge < -0.3 is 5.11 Å². The molecule has 0 amide bonds. The molecule has 22 heavy (non-hydrogen) atoms. The quantitative estimate of drug-likeness (QED) is 0.853. The molecule has 0 atom stereocenters. The lowest BCUT2D eigenvalue weighted by Crippen LogP contribution is -2.11. The lowest BCUT2D eigenvalue weighted by Gasteiger charge is -2.02. The van der Waals surface area contributed by atoms with Crippen LogP contribution in [0.1, 0.15) is 35.1 Å². The first kappa shape index (κ1) is 16.7. The lowest BCUT2D eigenvalue weighted by molar-refractivity contribution is -0.141. The van der Waals surface area contributed by atoms with Crippen LogP contribution < -0.4 is 0 Å². The van der Waals surface area contributed by atoms with Gasteiger partial charge in [-0.2, -0.15) is 13.2 Å². The third-order valence-electron chi connectivity index (χ3n) is 2.47. The molecule has 0 saturated heterocycles. The van der Waals surface area contributed by atoms with E-state index in [1.807, 2.05) is 6.92 Å². The zero-order chi connectivity index (χ0) is 16.3. The molecule has 120 valence electrons. The van der Waals surface area contributed by atoms with Crippen LogP contribution in [0.25, 0.3) is 0 Å². The predicted octanol–water partition coefficient (Wildman–Crippen LogP) is 2.80. The highest BCUT2D eigenvalue weighted by molar-refractivity contribution is 8.00. The second-order valence-electron chi connectivity index (χ2n) is 4.10. The van der Waals surface area contributed by atoms with Crippen LogP contribution >= 0.6 is 23.1 Å². The number of aromatic carboxylic acids is 1. The van der Waals surface area contributed by atoms with Crippen LogP contribution in [0.5, 0.6) is 0 Å². The van der Waals surface area contributed by atoms with Crippen LogP contribution in [0.3, 0.4) is 0 Å². The van der Waals surface area contributed by atoms with Crippen LogP contribution in [0.15, 0.2) is 9.50 Å². The monoisotopic (exact) mass is 353 g/mol. The minimum atomic E-state index is -4.82. The number of carboxylic acids is 1. The normalized spacial score (nSPS) is 11.8. The summed E-state index contributed by atoms with van der Waals surface area (Å²) in [6.45, 7) is 2.50. The maximum Gasteiger partial charge on any atom is 0.435 e. The smallest absolute Gasteiger partial charge is 0.435 e. The van der Waals surface area contributed by atoms with Gasteiger partial charge in [-0.05, 0) is 28.6 Å². The molecule has 0 radical (unpaired) electrons. The van der Waals surface area contributed by atoms with Crippen molar-refractivity contribution >= 4 is 29.1 Å². The summed E-state index contributed by atoms with van der Waals surface area (Å²) in [4.78, 5) is 13.4. The fourth-order valence-corrected chi connectivity index (χ4v) is 3.38. The Morgan fingerprint density at radius 3 is 2.73 bits per heavy atom. The molecule has 2 heterocycles. The van der Waals surface area contributed by atoms with Crippen LogP contribution in [-0.2, 0) is 12.7 Å². The van der Waals surface area contributed by atoms with Crippen molar-refractivity contribution in [3.8, 4) is 0 Å². The molecule has 0 aliphatic carbocycles. The first-order valence-corrected chi connectivity index (χ1v) is 7.71. The molecule has 7 nitrogen and oxygen atoms in total. The number of tetrazole rings is 1. The van der Waals surface area contributed by atoms with Crippen LogP contribution in [0.2, 0.25) is 0 Å². The Bertz CT molecular complexity index is 670. The molecule has 0 spiro atoms. The van der Waals surface area contributed by atoms with Gasteiger partial charge in [-0.3, -0.25) is 0 Å². The van der Waals surface area contributed by atoms with Crippen LogP contribution in [0, 0.1) is 0 Å². The molecule has 2 aromatic heterocycles. The summed E-state index contributed by atoms with van der Waals surface area (Å²) in [5.74, 6) is -1.66. The maximum atomic E-state index is 12.8. The maximum absolute atomic E-state index is 12.8. The predicted molar refractivity (Wildman–Crippen MR) is 70.9 cm³/mol. The van der Waals surface area contributed by atoms with Crippen molar-refractivity contribution in [1.29, 1.82) is 0 Å². The van der Waals surface area contributed by atoms with Crippen molar-refractivity contribution in [1.82, 2.24) is 25.2 Å². The topological polar surface area (TPSA) is 93.8 Å². The molecule has 0 fully saturated rings. The Hall–Kier alpha value is -1.69. The Morgan fingerprint density at radius 2 is 2.18 bits per heavy atom. The number of alkyl halides is 3. The second-order valence-corrected chi connectivity index (χ2v) is 6.31. The highest BCUT2D eigenvalue weighted by Crippen LogP contribution is 2.38. The molecule has 0 aliphatic heterocycles. The zero-order valence-corrected chi connectivity index (χ0v) is 12.8. The first-order chi connectivity index (χ1) is 10.3. The number of aromatic nitrogens is 5. The van der Waals surface area contributed by atoms with Gasteiger partial charge in [-0.15, -0.1) is 5.10 Å². The molecule has 12 heteroatoms. The van der Waals surface area contributed by atoms with E-state index in [-0.39, 0.29) is 9.50 Å². The van der Waals surface area contributed by atoms with E-state index in [9.17, 15) is 18.0 Å². The minimum absolute atomic E-state index is 0.0720. The summed E-state index contributed by atoms with van der Waals surface area (Å²) in [5.41, 5.74) is -1.40. The largest absolute Gasteiger partial charge is 0.477 e. The van der Waals surface area contributed by atoms with Crippen molar-refractivity contribution in [3.63, 3.8) is 0 Å². The highest BCUT2D eigenvalue weighted by Gasteiger charge is 2.40. The van der Waals surface area contributed by atoms with Crippen molar-refractivity contribution in [3.05, 3.63) is 10.6 Å². The fraction of sp³-hybridized carbons (Fsp3) is 0.500. The Balaban J connectivity index is 2.27. The van der Waals surface area contributed by atoms with Gasteiger partial charge >= 0.3 is 12.1 Å². The number of carboxylic acid groups (broad SMARTS) is 1. The number of aryl methyl sites for hydroxylation is 1. The van der Waals surface area contributed by atoms with E-state index >= 15 is 0 Å². The summed E-state index contributed by atoms with van der Waals surface area (Å²) in [7, 11) is 0. The number of thiazole rings is 1. The van der Waals surface area contributed by atoms with E-state index in [0.29, 0.717) is 17.9 Å². The van der Waals surface area contributed by atoms with E-state index in [1.54, 1.807) is 0 Å². The van der Waals surface area contributed by atoms with Crippen molar-refractivity contribution < 1.29 is 23.1 Å². The molecule has 0 aromatic carbocycles. The van der Waals surface area contributed by atoms with Crippen molar-refractivity contribution in [2.45, 2.75) is 42.0 Å². The molecule has 1 N–H and O–H groups in total. The molecule has 0 unspecified atom stereocenters. The standard InChI is InChI=1S/C10H10F3N5O2S2/c1-2-3-4-18-8(15-16-17-18)22-9-14-6(10(11,12)13)5(21-9)7(19)20/h2-4H2,1H3,(H,19,20). The Morgan fingerprint density at radius 1 is 1.45 bits per heavy atom. The molecule has 2 aromatic rings. The number of nitrogens with zero attached hydrogens (tertiary/aromatic N) is 5. The number of unbranched alkanes of at least 4 members (excludes halogenated alkanes) is 1. The van der Waals surface area contributed by atoms with Crippen molar-refractivity contribution in [2.24, 2.45) is 0 Å². The van der Waals surface area contributed by atoms with Gasteiger partial charge in [0.05, 0.1) is 0 Å². The highest BCUT2D eigenvalue weighted by atomic mass is 32.2. The zero-order valence-electron chi connectivity index (χ0n) is 11.2. The molecule has 2 rings (SSSR count). The number of carbonyl (C=O) groups is 1. The summed E-state index contributed by atoms with van der Waals surface area (Å²) >= 11 is 1.26. The third kappa shape index (κ3) is 3.74. The molecule has 0 bridgehead atoms. The number of hydrogen-bond donors (Lipinski definition) is 1. The lowest BCUT2D eigenvalue weighted by atomic mass is 10.3. The minimum Gasteiger partial charge on any atom is -0.477 e. The van der Waals surface area contributed by atoms with E-state index in [1.165, 1.54) is 4.68 Å². The molecular formula is C10H10F3N5O2S2. The summed E-state index contributed by atoms with van der Waals surface area (Å²) in [5, 5.41) is 20.0. The number of halogens is 3. The second kappa shape index (κ2) is 6.60. The third-order valence-corrected chi connectivity index (χ3v) is 4.55. The van der Waals surface area contributed by atoms with Gasteiger partial charge in [0.25, 0.3) is 0 Å². The fourth-order valence-electron chi connectivity index (χ4n) is 1.48. The molecule has 0 aliphatic rings. The average molecular weight is 353 g/mol. The van der Waals surface area contributed by atoms with Gasteiger partial charge in [-0.25, -0.2) is 14.5 Å². The molecular weight excluding hydrogens is 343 g/mol. The van der Waals surface area contributed by atoms with Gasteiger partial charge in [0.15, 0.2) is 10.0 Å². The average Bonchev–Trinajstić information content (AvgIpc) is 3.03. The summed E-state index contributed by atoms with van der Waals surface area (Å²) in [6, 6.07) is 0. The number of hydrogen-bond acceptors (Lipinski definition) is 7. The van der Waals surface area contributed by atoms with Gasteiger partial charge in [0, 0.05) is 6.54 Å². The number of rotatable bonds is 6. The first-order valence-electron chi connectivity index (χ1n) is 6.08. The van der Waals surface area contributed by atoms with Gasteiger partial charge in [0.1, 0.15) is 4.88 Å². The Kier molecular flexibility index (Phi) is 5.01. The summed E-state index contributed by atoms with van der Waals surface area (Å²) < 4.78 is 39.7.